The maximum atomic E-state index is 5.83. The number of anilines is 1. The van der Waals surface area contributed by atoms with Gasteiger partial charge in [0.05, 0.1) is 11.8 Å². The minimum Gasteiger partial charge on any atom is -0.444 e. The highest BCUT2D eigenvalue weighted by atomic mass is 16.3. The molecular weight excluding hydrogens is 220 g/mol. The molecular formula is C10H8N6O. The van der Waals surface area contributed by atoms with E-state index in [-0.39, 0.29) is 0 Å². The third-order valence-electron chi connectivity index (χ3n) is 2.18. The van der Waals surface area contributed by atoms with E-state index in [1.807, 2.05) is 0 Å². The van der Waals surface area contributed by atoms with E-state index in [1.54, 1.807) is 24.7 Å². The van der Waals surface area contributed by atoms with Gasteiger partial charge in [0.25, 0.3) is 5.95 Å². The Balaban J connectivity index is 2.06. The summed E-state index contributed by atoms with van der Waals surface area (Å²) >= 11 is 0. The zero-order chi connectivity index (χ0) is 11.7. The Kier molecular flexibility index (Phi) is 2.08. The van der Waals surface area contributed by atoms with Crippen LogP contribution in [0, 0.1) is 0 Å². The molecule has 0 bridgehead atoms. The van der Waals surface area contributed by atoms with Crippen LogP contribution in [0.15, 0.2) is 41.5 Å². The monoisotopic (exact) mass is 228 g/mol. The molecule has 2 N–H and O–H groups in total. The maximum Gasteiger partial charge on any atom is 0.252 e. The van der Waals surface area contributed by atoms with E-state index in [0.29, 0.717) is 23.2 Å². The fourth-order valence-electron chi connectivity index (χ4n) is 1.40. The summed E-state index contributed by atoms with van der Waals surface area (Å²) in [6, 6.07) is 1.78. The molecule has 0 spiro atoms. The Morgan fingerprint density at radius 2 is 2.18 bits per heavy atom. The summed E-state index contributed by atoms with van der Waals surface area (Å²) in [6.45, 7) is 0. The van der Waals surface area contributed by atoms with Gasteiger partial charge in [-0.1, -0.05) is 0 Å². The lowest BCUT2D eigenvalue weighted by molar-refractivity contribution is 0.574. The summed E-state index contributed by atoms with van der Waals surface area (Å²) in [5.74, 6) is 1.10. The SMILES string of the molecule is Nc1nc(-n2cccn2)ncc1-c1ncco1. The molecule has 3 rings (SSSR count). The lowest BCUT2D eigenvalue weighted by Gasteiger charge is -2.03. The van der Waals surface area contributed by atoms with Crippen molar-refractivity contribution >= 4 is 5.82 Å². The molecule has 0 unspecified atom stereocenters. The van der Waals surface area contributed by atoms with Crippen LogP contribution in [0.25, 0.3) is 17.4 Å². The molecule has 0 aromatic carbocycles. The third-order valence-corrected chi connectivity index (χ3v) is 2.18. The zero-order valence-corrected chi connectivity index (χ0v) is 8.69. The molecule has 0 amide bonds. The second-order valence-electron chi connectivity index (χ2n) is 3.26. The van der Waals surface area contributed by atoms with Crippen LogP contribution in [-0.4, -0.2) is 24.7 Å². The number of hydrogen-bond acceptors (Lipinski definition) is 6. The fraction of sp³-hybridized carbons (Fsp3) is 0. The average molecular weight is 228 g/mol. The molecule has 7 nitrogen and oxygen atoms in total. The van der Waals surface area contributed by atoms with Gasteiger partial charge in [0, 0.05) is 18.6 Å². The van der Waals surface area contributed by atoms with Crippen molar-refractivity contribution in [1.82, 2.24) is 24.7 Å². The highest BCUT2D eigenvalue weighted by molar-refractivity contribution is 5.66. The Labute approximate surface area is 95.9 Å². The van der Waals surface area contributed by atoms with Gasteiger partial charge in [-0.25, -0.2) is 14.6 Å². The van der Waals surface area contributed by atoms with Gasteiger partial charge in [0.2, 0.25) is 5.89 Å². The van der Waals surface area contributed by atoms with Crippen molar-refractivity contribution in [2.75, 3.05) is 5.73 Å². The first-order valence-corrected chi connectivity index (χ1v) is 4.87. The summed E-state index contributed by atoms with van der Waals surface area (Å²) in [5, 5.41) is 4.02. The van der Waals surface area contributed by atoms with Crippen molar-refractivity contribution in [3.05, 3.63) is 37.1 Å². The smallest absolute Gasteiger partial charge is 0.252 e. The molecule has 0 fully saturated rings. The normalized spacial score (nSPS) is 10.6. The standard InChI is InChI=1S/C10H8N6O/c11-8-7(9-12-3-5-17-9)6-13-10(15-8)16-4-1-2-14-16/h1-6H,(H2,11,13,15). The summed E-state index contributed by atoms with van der Waals surface area (Å²) in [4.78, 5) is 12.3. The Bertz CT molecular complexity index is 616. The molecule has 0 saturated heterocycles. The predicted octanol–water partition coefficient (Wildman–Crippen LogP) is 0.900. The molecule has 0 aliphatic rings. The third kappa shape index (κ3) is 1.63. The second-order valence-corrected chi connectivity index (χ2v) is 3.26. The number of rotatable bonds is 2. The van der Waals surface area contributed by atoms with Gasteiger partial charge in [-0.3, -0.25) is 0 Å². The Morgan fingerprint density at radius 1 is 1.24 bits per heavy atom. The summed E-state index contributed by atoms with van der Waals surface area (Å²) in [6.07, 6.45) is 7.94. The minimum atomic E-state index is 0.299. The van der Waals surface area contributed by atoms with Crippen molar-refractivity contribution < 1.29 is 4.42 Å². The number of aromatic nitrogens is 5. The van der Waals surface area contributed by atoms with Crippen LogP contribution in [0.1, 0.15) is 0 Å². The van der Waals surface area contributed by atoms with E-state index in [9.17, 15) is 0 Å². The van der Waals surface area contributed by atoms with Gasteiger partial charge in [-0.2, -0.15) is 10.1 Å². The average Bonchev–Trinajstić information content (AvgIpc) is 3.02. The highest BCUT2D eigenvalue weighted by Crippen LogP contribution is 2.21. The van der Waals surface area contributed by atoms with Crippen LogP contribution in [0.4, 0.5) is 5.82 Å². The topological polar surface area (TPSA) is 95.7 Å². The molecule has 84 valence electrons. The molecule has 7 heteroatoms. The summed E-state index contributed by atoms with van der Waals surface area (Å²) < 4.78 is 6.66. The zero-order valence-electron chi connectivity index (χ0n) is 8.69. The van der Waals surface area contributed by atoms with Crippen molar-refractivity contribution in [2.45, 2.75) is 0 Å². The van der Waals surface area contributed by atoms with Gasteiger partial charge in [-0.05, 0) is 6.07 Å². The van der Waals surface area contributed by atoms with Crippen LogP contribution in [0.3, 0.4) is 0 Å². The van der Waals surface area contributed by atoms with Crippen LogP contribution in [-0.2, 0) is 0 Å². The predicted molar refractivity (Wildman–Crippen MR) is 59.1 cm³/mol. The maximum absolute atomic E-state index is 5.83. The first-order chi connectivity index (χ1) is 8.34. The van der Waals surface area contributed by atoms with E-state index in [2.05, 4.69) is 20.1 Å². The van der Waals surface area contributed by atoms with Gasteiger partial charge < -0.3 is 10.2 Å². The van der Waals surface area contributed by atoms with E-state index < -0.39 is 0 Å². The first-order valence-electron chi connectivity index (χ1n) is 4.87. The second kappa shape index (κ2) is 3.71. The van der Waals surface area contributed by atoms with Crippen molar-refractivity contribution in [3.63, 3.8) is 0 Å². The van der Waals surface area contributed by atoms with Crippen molar-refractivity contribution in [1.29, 1.82) is 0 Å². The highest BCUT2D eigenvalue weighted by Gasteiger charge is 2.11. The van der Waals surface area contributed by atoms with E-state index in [4.69, 9.17) is 10.2 Å². The molecule has 0 aliphatic carbocycles. The number of oxazole rings is 1. The van der Waals surface area contributed by atoms with Crippen molar-refractivity contribution in [2.24, 2.45) is 0 Å². The number of hydrogen-bond donors (Lipinski definition) is 1. The molecule has 3 aromatic heterocycles. The molecule has 0 radical (unpaired) electrons. The minimum absolute atomic E-state index is 0.299. The van der Waals surface area contributed by atoms with Crippen LogP contribution < -0.4 is 5.73 Å². The number of nitrogen functional groups attached to an aromatic ring is 1. The largest absolute Gasteiger partial charge is 0.444 e. The van der Waals surface area contributed by atoms with Crippen LogP contribution in [0.5, 0.6) is 0 Å². The lowest BCUT2D eigenvalue weighted by atomic mass is 10.3. The molecule has 17 heavy (non-hydrogen) atoms. The molecule has 0 saturated carbocycles. The van der Waals surface area contributed by atoms with Crippen LogP contribution >= 0.6 is 0 Å². The number of nitrogens with zero attached hydrogens (tertiary/aromatic N) is 5. The molecule has 3 aromatic rings. The molecule has 3 heterocycles. The molecule has 0 atom stereocenters. The van der Waals surface area contributed by atoms with E-state index in [0.717, 1.165) is 0 Å². The van der Waals surface area contributed by atoms with Crippen molar-refractivity contribution in [3.8, 4) is 17.4 Å². The quantitative estimate of drug-likeness (QED) is 0.700. The lowest BCUT2D eigenvalue weighted by Crippen LogP contribution is -2.05. The number of nitrogens with two attached hydrogens (primary N) is 1. The van der Waals surface area contributed by atoms with E-state index >= 15 is 0 Å². The Hall–Kier alpha value is -2.70. The summed E-state index contributed by atoms with van der Waals surface area (Å²) in [7, 11) is 0. The summed E-state index contributed by atoms with van der Waals surface area (Å²) in [5.41, 5.74) is 6.39. The van der Waals surface area contributed by atoms with Gasteiger partial charge in [0.1, 0.15) is 12.1 Å². The Morgan fingerprint density at radius 3 is 2.82 bits per heavy atom. The van der Waals surface area contributed by atoms with E-state index in [1.165, 1.54) is 17.1 Å². The van der Waals surface area contributed by atoms with Gasteiger partial charge >= 0.3 is 0 Å². The van der Waals surface area contributed by atoms with Gasteiger partial charge in [0.15, 0.2) is 0 Å². The van der Waals surface area contributed by atoms with Crippen LogP contribution in [0.2, 0.25) is 0 Å². The van der Waals surface area contributed by atoms with Gasteiger partial charge in [-0.15, -0.1) is 0 Å². The molecule has 0 aliphatic heterocycles. The fourth-order valence-corrected chi connectivity index (χ4v) is 1.40. The first kappa shape index (κ1) is 9.52.